The number of carbonyl (C=O) groups excluding carboxylic acids is 1. The van der Waals surface area contributed by atoms with Crippen molar-refractivity contribution in [2.75, 3.05) is 13.1 Å². The van der Waals surface area contributed by atoms with E-state index in [2.05, 4.69) is 23.7 Å². The number of nitrogens with one attached hydrogen (secondary N) is 1. The summed E-state index contributed by atoms with van der Waals surface area (Å²) in [6, 6.07) is 16.3. The van der Waals surface area contributed by atoms with Crippen LogP contribution in [0.15, 0.2) is 61.2 Å². The number of aliphatic hydroxyl groups is 1. The number of nitrogens with zero attached hydrogens (tertiary/aromatic N) is 1. The van der Waals surface area contributed by atoms with Crippen molar-refractivity contribution in [3.05, 3.63) is 83.4 Å². The van der Waals surface area contributed by atoms with Crippen LogP contribution in [-0.2, 0) is 32.2 Å². The number of benzene rings is 2. The normalized spacial score (nSPS) is 23.3. The van der Waals surface area contributed by atoms with Crippen LogP contribution < -0.4 is 5.32 Å². The molecule has 0 radical (unpaired) electrons. The average molecular weight is 551 g/mol. The Hall–Kier alpha value is -3.04. The van der Waals surface area contributed by atoms with E-state index in [-0.39, 0.29) is 43.5 Å². The van der Waals surface area contributed by atoms with Gasteiger partial charge in [0, 0.05) is 43.6 Å². The number of rotatable bonds is 13. The second kappa shape index (κ2) is 14.6. The molecule has 1 aliphatic carbocycles. The highest BCUT2D eigenvalue weighted by Crippen LogP contribution is 2.42. The van der Waals surface area contributed by atoms with Gasteiger partial charge in [-0.3, -0.25) is 14.5 Å². The van der Waals surface area contributed by atoms with E-state index in [1.165, 1.54) is 25.7 Å². The number of carboxylic acid groups (broad SMARTS) is 1. The standard InChI is InChI=1S/C32H42N2O6/c1-3-18-34(27-6-4-5-7-27)20-28-22(2)31(25-12-10-24(21-35)11-13-25)40-32(39-28)26-14-8-23(9-15-26)19-33-29(36)16-17-30(37)38/h3,8-15,22,27-28,31-32,35H,1,4-7,16-21H2,2H3,(H,33,36)(H,37,38)/t22-,28+,31+,32+/m0/s1. The van der Waals surface area contributed by atoms with Crippen LogP contribution in [0.1, 0.15) is 80.1 Å². The van der Waals surface area contributed by atoms with Crippen molar-refractivity contribution in [3.63, 3.8) is 0 Å². The molecule has 3 N–H and O–H groups in total. The molecule has 8 nitrogen and oxygen atoms in total. The first kappa shape index (κ1) is 29.9. The SMILES string of the molecule is C=CCN(C[C@H]1O[C@@H](c2ccc(CNC(=O)CCC(=O)O)cc2)O[C@@H](c2ccc(CO)cc2)[C@H]1C)C1CCCC1. The number of aliphatic hydroxyl groups excluding tert-OH is 1. The van der Waals surface area contributed by atoms with Gasteiger partial charge in [-0.2, -0.15) is 0 Å². The van der Waals surface area contributed by atoms with Gasteiger partial charge >= 0.3 is 5.97 Å². The highest BCUT2D eigenvalue weighted by atomic mass is 16.7. The van der Waals surface area contributed by atoms with E-state index >= 15 is 0 Å². The Bertz CT molecular complexity index is 1110. The van der Waals surface area contributed by atoms with E-state index in [1.807, 2.05) is 54.6 Å². The fraction of sp³-hybridized carbons (Fsp3) is 0.500. The molecule has 0 bridgehead atoms. The van der Waals surface area contributed by atoms with Gasteiger partial charge in [-0.1, -0.05) is 74.4 Å². The van der Waals surface area contributed by atoms with Gasteiger partial charge in [0.25, 0.3) is 0 Å². The molecule has 1 aliphatic heterocycles. The predicted octanol–water partition coefficient (Wildman–Crippen LogP) is 4.88. The lowest BCUT2D eigenvalue weighted by Crippen LogP contribution is -2.47. The quantitative estimate of drug-likeness (QED) is 0.305. The number of hydrogen-bond donors (Lipinski definition) is 3. The molecule has 2 aliphatic rings. The lowest BCUT2D eigenvalue weighted by molar-refractivity contribution is -0.276. The lowest BCUT2D eigenvalue weighted by Gasteiger charge is -2.43. The van der Waals surface area contributed by atoms with Crippen molar-refractivity contribution in [2.45, 2.75) is 83.1 Å². The average Bonchev–Trinajstić information content (AvgIpc) is 3.51. The molecule has 0 aromatic heterocycles. The van der Waals surface area contributed by atoms with Crippen LogP contribution in [0.5, 0.6) is 0 Å². The van der Waals surface area contributed by atoms with Crippen molar-refractivity contribution in [2.24, 2.45) is 5.92 Å². The van der Waals surface area contributed by atoms with Crippen LogP contribution in [-0.4, -0.2) is 52.2 Å². The van der Waals surface area contributed by atoms with Gasteiger partial charge in [0.15, 0.2) is 6.29 Å². The minimum absolute atomic E-state index is 0.0000177. The van der Waals surface area contributed by atoms with Crippen LogP contribution in [0.4, 0.5) is 0 Å². The molecule has 1 saturated heterocycles. The van der Waals surface area contributed by atoms with Gasteiger partial charge in [-0.25, -0.2) is 0 Å². The summed E-state index contributed by atoms with van der Waals surface area (Å²) in [6.45, 7) is 8.12. The van der Waals surface area contributed by atoms with Crippen LogP contribution in [0, 0.1) is 5.92 Å². The summed E-state index contributed by atoms with van der Waals surface area (Å²) >= 11 is 0. The largest absolute Gasteiger partial charge is 0.481 e. The van der Waals surface area contributed by atoms with Gasteiger partial charge in [0.2, 0.25) is 5.91 Å². The summed E-state index contributed by atoms with van der Waals surface area (Å²) in [7, 11) is 0. The zero-order valence-electron chi connectivity index (χ0n) is 23.3. The molecule has 216 valence electrons. The number of aliphatic carboxylic acids is 1. The second-order valence-corrected chi connectivity index (χ2v) is 10.9. The zero-order chi connectivity index (χ0) is 28.5. The van der Waals surface area contributed by atoms with Gasteiger partial charge in [0.05, 0.1) is 25.2 Å². The van der Waals surface area contributed by atoms with Crippen LogP contribution >= 0.6 is 0 Å². The first-order valence-electron chi connectivity index (χ1n) is 14.3. The van der Waals surface area contributed by atoms with Gasteiger partial charge in [-0.05, 0) is 29.5 Å². The van der Waals surface area contributed by atoms with Gasteiger partial charge in [0.1, 0.15) is 0 Å². The first-order chi connectivity index (χ1) is 19.4. The van der Waals surface area contributed by atoms with Gasteiger partial charge in [-0.15, -0.1) is 6.58 Å². The molecule has 1 amide bonds. The van der Waals surface area contributed by atoms with Crippen LogP contribution in [0.25, 0.3) is 0 Å². The third-order valence-electron chi connectivity index (χ3n) is 8.05. The third kappa shape index (κ3) is 8.01. The van der Waals surface area contributed by atoms with Crippen LogP contribution in [0.2, 0.25) is 0 Å². The molecule has 1 saturated carbocycles. The molecular formula is C32H42N2O6. The number of ether oxygens (including phenoxy) is 2. The zero-order valence-corrected chi connectivity index (χ0v) is 23.3. The topological polar surface area (TPSA) is 108 Å². The second-order valence-electron chi connectivity index (χ2n) is 10.9. The summed E-state index contributed by atoms with van der Waals surface area (Å²) in [6.07, 6.45) is 5.88. The van der Waals surface area contributed by atoms with E-state index in [0.717, 1.165) is 35.3 Å². The van der Waals surface area contributed by atoms with Crippen molar-refractivity contribution in [3.8, 4) is 0 Å². The monoisotopic (exact) mass is 550 g/mol. The molecule has 0 unspecified atom stereocenters. The molecular weight excluding hydrogens is 508 g/mol. The van der Waals surface area contributed by atoms with E-state index in [9.17, 15) is 14.7 Å². The Morgan fingerprint density at radius 2 is 1.65 bits per heavy atom. The Labute approximate surface area is 237 Å². The Morgan fingerprint density at radius 1 is 1.00 bits per heavy atom. The Morgan fingerprint density at radius 3 is 2.27 bits per heavy atom. The summed E-state index contributed by atoms with van der Waals surface area (Å²) in [5.74, 6) is -1.17. The molecule has 1 heterocycles. The fourth-order valence-electron chi connectivity index (χ4n) is 5.67. The minimum Gasteiger partial charge on any atom is -0.481 e. The maximum atomic E-state index is 11.9. The molecule has 4 atom stereocenters. The van der Waals surface area contributed by atoms with E-state index in [1.54, 1.807) is 0 Å². The minimum atomic E-state index is -0.988. The Balaban J connectivity index is 1.50. The maximum absolute atomic E-state index is 11.9. The molecule has 40 heavy (non-hydrogen) atoms. The van der Waals surface area contributed by atoms with Gasteiger partial charge < -0.3 is 25.0 Å². The summed E-state index contributed by atoms with van der Waals surface area (Å²) < 4.78 is 13.2. The third-order valence-corrected chi connectivity index (χ3v) is 8.05. The number of hydrogen-bond acceptors (Lipinski definition) is 6. The highest BCUT2D eigenvalue weighted by molar-refractivity contribution is 5.80. The first-order valence-corrected chi connectivity index (χ1v) is 14.3. The summed E-state index contributed by atoms with van der Waals surface area (Å²) in [5, 5.41) is 21.0. The van der Waals surface area contributed by atoms with Crippen molar-refractivity contribution < 1.29 is 29.3 Å². The number of amides is 1. The number of carbonyl (C=O) groups is 2. The van der Waals surface area contributed by atoms with E-state index in [4.69, 9.17) is 14.6 Å². The predicted molar refractivity (Wildman–Crippen MR) is 152 cm³/mol. The number of carboxylic acids is 1. The lowest BCUT2D eigenvalue weighted by atomic mass is 9.89. The Kier molecular flexibility index (Phi) is 10.9. The molecule has 0 spiro atoms. The van der Waals surface area contributed by atoms with E-state index < -0.39 is 12.3 Å². The molecule has 2 aromatic rings. The maximum Gasteiger partial charge on any atom is 0.303 e. The molecule has 2 aromatic carbocycles. The highest BCUT2D eigenvalue weighted by Gasteiger charge is 2.40. The summed E-state index contributed by atoms with van der Waals surface area (Å²) in [4.78, 5) is 25.1. The molecule has 4 rings (SSSR count). The summed E-state index contributed by atoms with van der Waals surface area (Å²) in [5.41, 5.74) is 3.72. The smallest absolute Gasteiger partial charge is 0.303 e. The van der Waals surface area contributed by atoms with Crippen molar-refractivity contribution in [1.82, 2.24) is 10.2 Å². The fourth-order valence-corrected chi connectivity index (χ4v) is 5.67. The van der Waals surface area contributed by atoms with E-state index in [0.29, 0.717) is 12.6 Å². The molecule has 2 fully saturated rings. The van der Waals surface area contributed by atoms with Crippen molar-refractivity contribution >= 4 is 11.9 Å². The molecule has 8 heteroatoms. The van der Waals surface area contributed by atoms with Crippen molar-refractivity contribution in [1.29, 1.82) is 0 Å². The van der Waals surface area contributed by atoms with Crippen LogP contribution in [0.3, 0.4) is 0 Å².